The van der Waals surface area contributed by atoms with Gasteiger partial charge in [-0.25, -0.2) is 0 Å². The highest BCUT2D eigenvalue weighted by molar-refractivity contribution is 8.00. The van der Waals surface area contributed by atoms with Crippen LogP contribution in [0.4, 0.5) is 0 Å². The fourth-order valence-corrected chi connectivity index (χ4v) is 2.91. The number of hydrogen-bond donors (Lipinski definition) is 0. The summed E-state index contributed by atoms with van der Waals surface area (Å²) in [4.78, 5) is 12.4. The van der Waals surface area contributed by atoms with Crippen molar-refractivity contribution in [2.45, 2.75) is 37.2 Å². The number of rotatable bonds is 3. The second-order valence-electron chi connectivity index (χ2n) is 3.55. The van der Waals surface area contributed by atoms with Gasteiger partial charge in [-0.3, -0.25) is 4.79 Å². The Balaban J connectivity index is 2.30. The molecule has 0 aromatic rings. The van der Waals surface area contributed by atoms with Crippen molar-refractivity contribution < 1.29 is 4.79 Å². The van der Waals surface area contributed by atoms with Crippen LogP contribution in [0.5, 0.6) is 0 Å². The molecule has 70 valence electrons. The van der Waals surface area contributed by atoms with Gasteiger partial charge in [-0.05, 0) is 18.1 Å². The summed E-state index contributed by atoms with van der Waals surface area (Å²) in [5.41, 5.74) is 0. The predicted octanol–water partition coefficient (Wildman–Crippen LogP) is 1.75. The first-order valence-corrected chi connectivity index (χ1v) is 5.51. The van der Waals surface area contributed by atoms with E-state index in [1.165, 1.54) is 12.8 Å². The third-order valence-electron chi connectivity index (χ3n) is 2.02. The molecule has 1 saturated heterocycles. The van der Waals surface area contributed by atoms with Crippen molar-refractivity contribution in [1.29, 1.82) is 0 Å². The van der Waals surface area contributed by atoms with Gasteiger partial charge in [-0.1, -0.05) is 13.8 Å². The van der Waals surface area contributed by atoms with Crippen molar-refractivity contribution in [2.24, 2.45) is 0 Å². The second kappa shape index (κ2) is 4.75. The van der Waals surface area contributed by atoms with Gasteiger partial charge in [0.1, 0.15) is 0 Å². The molecule has 0 spiro atoms. The molecule has 2 nitrogen and oxygen atoms in total. The van der Waals surface area contributed by atoms with Crippen LogP contribution < -0.4 is 0 Å². The highest BCUT2D eigenvalue weighted by atomic mass is 32.2. The molecule has 1 rings (SSSR count). The molecule has 0 aliphatic carbocycles. The van der Waals surface area contributed by atoms with Crippen molar-refractivity contribution >= 4 is 18.2 Å². The van der Waals surface area contributed by atoms with Crippen molar-refractivity contribution in [3.05, 3.63) is 0 Å². The minimum absolute atomic E-state index is 0.670. The van der Waals surface area contributed by atoms with Crippen LogP contribution in [0.3, 0.4) is 0 Å². The van der Waals surface area contributed by atoms with Crippen LogP contribution in [-0.2, 0) is 4.79 Å². The average Bonchev–Trinajstić information content (AvgIpc) is 2.03. The topological polar surface area (TPSA) is 20.3 Å². The number of amides is 1. The SMILES string of the molecule is CC(C)SC1CCCN(C=O)C1. The molecule has 3 heteroatoms. The first-order valence-electron chi connectivity index (χ1n) is 4.57. The van der Waals surface area contributed by atoms with Gasteiger partial charge in [-0.15, -0.1) is 0 Å². The first kappa shape index (κ1) is 9.90. The standard InChI is InChI=1S/C9H17NOS/c1-8(2)12-9-4-3-5-10(6-9)7-11/h7-9H,3-6H2,1-2H3. The van der Waals surface area contributed by atoms with E-state index in [1.54, 1.807) is 0 Å². The zero-order chi connectivity index (χ0) is 8.97. The van der Waals surface area contributed by atoms with Crippen LogP contribution in [0.25, 0.3) is 0 Å². The Labute approximate surface area is 78.7 Å². The number of hydrogen-bond acceptors (Lipinski definition) is 2. The summed E-state index contributed by atoms with van der Waals surface area (Å²) < 4.78 is 0. The van der Waals surface area contributed by atoms with Gasteiger partial charge >= 0.3 is 0 Å². The molecule has 0 N–H and O–H groups in total. The first-order chi connectivity index (χ1) is 5.72. The van der Waals surface area contributed by atoms with Gasteiger partial charge in [0, 0.05) is 18.3 Å². The Kier molecular flexibility index (Phi) is 3.92. The van der Waals surface area contributed by atoms with Crippen LogP contribution in [0.1, 0.15) is 26.7 Å². The molecule has 0 aromatic carbocycles. The van der Waals surface area contributed by atoms with E-state index in [9.17, 15) is 4.79 Å². The van der Waals surface area contributed by atoms with Gasteiger partial charge in [0.15, 0.2) is 0 Å². The van der Waals surface area contributed by atoms with Crippen LogP contribution >= 0.6 is 11.8 Å². The number of carbonyl (C=O) groups is 1. The Bertz CT molecular complexity index is 149. The molecule has 1 aliphatic heterocycles. The molecule has 1 atom stereocenters. The van der Waals surface area contributed by atoms with E-state index in [4.69, 9.17) is 0 Å². The summed E-state index contributed by atoms with van der Waals surface area (Å²) in [5.74, 6) is 0. The van der Waals surface area contributed by atoms with E-state index < -0.39 is 0 Å². The van der Waals surface area contributed by atoms with Gasteiger partial charge in [0.25, 0.3) is 0 Å². The normalized spacial score (nSPS) is 24.6. The molecule has 0 bridgehead atoms. The minimum Gasteiger partial charge on any atom is -0.344 e. The van der Waals surface area contributed by atoms with E-state index in [0.717, 1.165) is 19.5 Å². The van der Waals surface area contributed by atoms with Crippen LogP contribution in [0, 0.1) is 0 Å². The lowest BCUT2D eigenvalue weighted by Crippen LogP contribution is -2.36. The second-order valence-corrected chi connectivity index (χ2v) is 5.43. The highest BCUT2D eigenvalue weighted by Crippen LogP contribution is 2.24. The van der Waals surface area contributed by atoms with Crippen LogP contribution in [-0.4, -0.2) is 34.9 Å². The molecule has 1 heterocycles. The summed E-state index contributed by atoms with van der Waals surface area (Å²) in [6, 6.07) is 0. The summed E-state index contributed by atoms with van der Waals surface area (Å²) in [7, 11) is 0. The van der Waals surface area contributed by atoms with E-state index >= 15 is 0 Å². The van der Waals surface area contributed by atoms with Crippen molar-refractivity contribution in [2.75, 3.05) is 13.1 Å². The Morgan fingerprint density at radius 3 is 2.92 bits per heavy atom. The fourth-order valence-electron chi connectivity index (χ4n) is 1.56. The van der Waals surface area contributed by atoms with Crippen molar-refractivity contribution in [3.63, 3.8) is 0 Å². The smallest absolute Gasteiger partial charge is 0.209 e. The monoisotopic (exact) mass is 187 g/mol. The van der Waals surface area contributed by atoms with E-state index in [2.05, 4.69) is 13.8 Å². The molecule has 1 amide bonds. The lowest BCUT2D eigenvalue weighted by molar-refractivity contribution is -0.118. The quantitative estimate of drug-likeness (QED) is 0.627. The van der Waals surface area contributed by atoms with Gasteiger partial charge in [-0.2, -0.15) is 11.8 Å². The molecule has 1 aliphatic rings. The summed E-state index contributed by atoms with van der Waals surface area (Å²) in [6.45, 7) is 6.33. The Hall–Kier alpha value is -0.180. The van der Waals surface area contributed by atoms with E-state index in [-0.39, 0.29) is 0 Å². The van der Waals surface area contributed by atoms with Gasteiger partial charge in [0.2, 0.25) is 6.41 Å². The maximum Gasteiger partial charge on any atom is 0.209 e. The number of nitrogens with zero attached hydrogens (tertiary/aromatic N) is 1. The Morgan fingerprint density at radius 1 is 1.58 bits per heavy atom. The summed E-state index contributed by atoms with van der Waals surface area (Å²) in [6.07, 6.45) is 3.42. The molecule has 0 radical (unpaired) electrons. The summed E-state index contributed by atoms with van der Waals surface area (Å²) >= 11 is 1.99. The maximum absolute atomic E-state index is 10.5. The van der Waals surface area contributed by atoms with Crippen LogP contribution in [0.15, 0.2) is 0 Å². The summed E-state index contributed by atoms with van der Waals surface area (Å²) in [5, 5.41) is 1.35. The Morgan fingerprint density at radius 2 is 2.33 bits per heavy atom. The largest absolute Gasteiger partial charge is 0.344 e. The van der Waals surface area contributed by atoms with Crippen LogP contribution in [0.2, 0.25) is 0 Å². The third kappa shape index (κ3) is 3.05. The van der Waals surface area contributed by atoms with Crippen molar-refractivity contribution in [1.82, 2.24) is 4.90 Å². The average molecular weight is 187 g/mol. The zero-order valence-electron chi connectivity index (χ0n) is 7.82. The third-order valence-corrected chi connectivity index (χ3v) is 3.34. The molecular formula is C9H17NOS. The van der Waals surface area contributed by atoms with Gasteiger partial charge < -0.3 is 4.90 Å². The number of carbonyl (C=O) groups excluding carboxylic acids is 1. The fraction of sp³-hybridized carbons (Fsp3) is 0.889. The molecular weight excluding hydrogens is 170 g/mol. The highest BCUT2D eigenvalue weighted by Gasteiger charge is 2.19. The molecule has 12 heavy (non-hydrogen) atoms. The number of likely N-dealkylation sites (tertiary alicyclic amines) is 1. The molecule has 0 saturated carbocycles. The minimum atomic E-state index is 0.670. The number of thioether (sulfide) groups is 1. The maximum atomic E-state index is 10.5. The predicted molar refractivity (Wildman–Crippen MR) is 53.4 cm³/mol. The van der Waals surface area contributed by atoms with E-state index in [0.29, 0.717) is 10.5 Å². The van der Waals surface area contributed by atoms with Crippen molar-refractivity contribution in [3.8, 4) is 0 Å². The van der Waals surface area contributed by atoms with E-state index in [1.807, 2.05) is 16.7 Å². The number of piperidine rings is 1. The lowest BCUT2D eigenvalue weighted by Gasteiger charge is -2.30. The lowest BCUT2D eigenvalue weighted by atomic mass is 10.1. The zero-order valence-corrected chi connectivity index (χ0v) is 8.64. The van der Waals surface area contributed by atoms with Gasteiger partial charge in [0.05, 0.1) is 0 Å². The molecule has 1 unspecified atom stereocenters. The molecule has 1 fully saturated rings. The molecule has 0 aromatic heterocycles.